The molecule has 0 aliphatic heterocycles. The van der Waals surface area contributed by atoms with E-state index in [9.17, 15) is 13.6 Å². The second-order valence-corrected chi connectivity index (χ2v) is 6.68. The first kappa shape index (κ1) is 17.4. The molecule has 0 aromatic carbocycles. The predicted octanol–water partition coefficient (Wildman–Crippen LogP) is 3.39. The van der Waals surface area contributed by atoms with Gasteiger partial charge in [-0.2, -0.15) is 0 Å². The summed E-state index contributed by atoms with van der Waals surface area (Å²) >= 11 is 0. The van der Waals surface area contributed by atoms with Gasteiger partial charge in [-0.05, 0) is 25.0 Å². The maximum absolute atomic E-state index is 13.8. The molecule has 1 N–H and O–H groups in total. The van der Waals surface area contributed by atoms with Crippen molar-refractivity contribution in [3.8, 4) is 17.1 Å². The lowest BCUT2D eigenvalue weighted by Crippen LogP contribution is -2.15. The van der Waals surface area contributed by atoms with E-state index in [1.807, 2.05) is 18.5 Å². The van der Waals surface area contributed by atoms with Crippen molar-refractivity contribution in [1.82, 2.24) is 14.5 Å². The van der Waals surface area contributed by atoms with E-state index >= 15 is 0 Å². The Kier molecular flexibility index (Phi) is 4.05. The Bertz CT molecular complexity index is 1060. The molecule has 140 valence electrons. The summed E-state index contributed by atoms with van der Waals surface area (Å²) in [6.07, 6.45) is 1.94. The van der Waals surface area contributed by atoms with Crippen LogP contribution in [0.5, 0.6) is 5.88 Å². The third kappa shape index (κ3) is 2.90. The molecule has 3 heterocycles. The summed E-state index contributed by atoms with van der Waals surface area (Å²) in [6.45, 7) is 1.90. The molecule has 27 heavy (non-hydrogen) atoms. The summed E-state index contributed by atoms with van der Waals surface area (Å²) < 4.78 is 34.0. The number of nitrogens with zero attached hydrogens (tertiary/aromatic N) is 3. The van der Waals surface area contributed by atoms with Gasteiger partial charge in [0.15, 0.2) is 0 Å². The van der Waals surface area contributed by atoms with E-state index in [0.29, 0.717) is 17.3 Å². The lowest BCUT2D eigenvalue weighted by molar-refractivity contribution is -0.117. The van der Waals surface area contributed by atoms with Crippen LogP contribution in [0.25, 0.3) is 22.2 Å². The molecular formula is C19H18F2N4O2. The van der Waals surface area contributed by atoms with Crippen molar-refractivity contribution in [2.75, 3.05) is 12.4 Å². The zero-order chi connectivity index (χ0) is 19.3. The van der Waals surface area contributed by atoms with Gasteiger partial charge >= 0.3 is 0 Å². The Morgan fingerprint density at radius 3 is 2.74 bits per heavy atom. The first-order chi connectivity index (χ1) is 12.9. The fourth-order valence-electron chi connectivity index (χ4n) is 3.38. The molecule has 2 atom stereocenters. The zero-order valence-corrected chi connectivity index (χ0v) is 15.1. The van der Waals surface area contributed by atoms with Crippen LogP contribution in [0, 0.1) is 18.7 Å². The van der Waals surface area contributed by atoms with E-state index in [1.54, 1.807) is 12.3 Å². The van der Waals surface area contributed by atoms with E-state index in [0.717, 1.165) is 28.4 Å². The molecule has 3 aromatic heterocycles. The highest BCUT2D eigenvalue weighted by molar-refractivity contribution is 5.97. The molecule has 1 fully saturated rings. The molecule has 8 heteroatoms. The third-order valence-electron chi connectivity index (χ3n) is 4.90. The first-order valence-electron chi connectivity index (χ1n) is 8.50. The molecular weight excluding hydrogens is 354 g/mol. The smallest absolute Gasteiger partial charge is 0.231 e. The van der Waals surface area contributed by atoms with Crippen molar-refractivity contribution in [2.45, 2.75) is 19.5 Å². The van der Waals surface area contributed by atoms with Gasteiger partial charge in [0, 0.05) is 24.7 Å². The number of alkyl halides is 1. The molecule has 3 aromatic rings. The molecule has 0 bridgehead atoms. The minimum Gasteiger partial charge on any atom is -0.481 e. The number of hydrogen-bond acceptors (Lipinski definition) is 4. The quantitative estimate of drug-likeness (QED) is 0.762. The van der Waals surface area contributed by atoms with E-state index in [4.69, 9.17) is 4.74 Å². The molecule has 0 unspecified atom stereocenters. The molecule has 0 saturated heterocycles. The van der Waals surface area contributed by atoms with E-state index in [2.05, 4.69) is 15.3 Å². The van der Waals surface area contributed by atoms with Crippen molar-refractivity contribution in [1.29, 1.82) is 0 Å². The topological polar surface area (TPSA) is 69.0 Å². The number of halogens is 2. The normalized spacial score (nSPS) is 18.6. The number of fused-ring (bicyclic) bond motifs is 1. The highest BCUT2D eigenvalue weighted by Gasteiger charge is 2.43. The number of carbonyl (C=O) groups excluding carboxylic acids is 1. The van der Waals surface area contributed by atoms with Crippen molar-refractivity contribution in [2.24, 2.45) is 13.0 Å². The summed E-state index contributed by atoms with van der Waals surface area (Å²) in [5.74, 6) is -0.753. The van der Waals surface area contributed by atoms with Crippen molar-refractivity contribution in [3.63, 3.8) is 0 Å². The van der Waals surface area contributed by atoms with Crippen LogP contribution in [0.2, 0.25) is 0 Å². The zero-order valence-electron chi connectivity index (χ0n) is 15.1. The van der Waals surface area contributed by atoms with Crippen LogP contribution in [-0.4, -0.2) is 33.7 Å². The fraction of sp³-hybridized carbons (Fsp3) is 0.316. The molecule has 1 amide bonds. The van der Waals surface area contributed by atoms with Gasteiger partial charge in [-0.1, -0.05) is 0 Å². The average Bonchev–Trinajstić information content (AvgIpc) is 3.33. The molecule has 1 aliphatic carbocycles. The molecule has 0 spiro atoms. The summed E-state index contributed by atoms with van der Waals surface area (Å²) in [4.78, 5) is 20.2. The van der Waals surface area contributed by atoms with Gasteiger partial charge in [0.1, 0.15) is 17.8 Å². The van der Waals surface area contributed by atoms with Gasteiger partial charge in [0.2, 0.25) is 11.8 Å². The second kappa shape index (κ2) is 6.29. The SMILES string of the molecule is COc1ncc(F)cc1-c1c(C)c2cnc(NC(=O)[C@@H]3C[C@@H]3F)cc2n1C. The summed E-state index contributed by atoms with van der Waals surface area (Å²) in [5, 5.41) is 3.51. The third-order valence-corrected chi connectivity index (χ3v) is 4.90. The van der Waals surface area contributed by atoms with Crippen LogP contribution in [-0.2, 0) is 11.8 Å². The maximum Gasteiger partial charge on any atom is 0.231 e. The number of nitrogens with one attached hydrogen (secondary N) is 1. The Morgan fingerprint density at radius 1 is 1.33 bits per heavy atom. The van der Waals surface area contributed by atoms with E-state index in [1.165, 1.54) is 13.2 Å². The number of carbonyl (C=O) groups is 1. The number of ether oxygens (including phenoxy) is 1. The van der Waals surface area contributed by atoms with Gasteiger partial charge in [0.05, 0.1) is 36.0 Å². The highest BCUT2D eigenvalue weighted by Crippen LogP contribution is 2.38. The maximum atomic E-state index is 13.8. The van der Waals surface area contributed by atoms with Crippen molar-refractivity contribution < 1.29 is 18.3 Å². The number of rotatable bonds is 4. The van der Waals surface area contributed by atoms with Crippen LogP contribution in [0.4, 0.5) is 14.6 Å². The molecule has 1 saturated carbocycles. The minimum absolute atomic E-state index is 0.258. The first-order valence-corrected chi connectivity index (χ1v) is 8.50. The number of amides is 1. The molecule has 6 nitrogen and oxygen atoms in total. The summed E-state index contributed by atoms with van der Waals surface area (Å²) in [7, 11) is 3.31. The molecule has 4 rings (SSSR count). The Morgan fingerprint density at radius 2 is 2.07 bits per heavy atom. The van der Waals surface area contributed by atoms with Crippen molar-refractivity contribution >= 4 is 22.6 Å². The van der Waals surface area contributed by atoms with Gasteiger partial charge in [-0.3, -0.25) is 4.79 Å². The number of pyridine rings is 2. The van der Waals surface area contributed by atoms with Crippen LogP contribution in [0.3, 0.4) is 0 Å². The second-order valence-electron chi connectivity index (χ2n) is 6.68. The Balaban J connectivity index is 1.79. The number of anilines is 1. The lowest BCUT2D eigenvalue weighted by Gasteiger charge is -2.10. The van der Waals surface area contributed by atoms with Gasteiger partial charge in [0.25, 0.3) is 0 Å². The van der Waals surface area contributed by atoms with E-state index < -0.39 is 17.9 Å². The van der Waals surface area contributed by atoms with Crippen LogP contribution >= 0.6 is 0 Å². The van der Waals surface area contributed by atoms with E-state index in [-0.39, 0.29) is 12.3 Å². The average molecular weight is 372 g/mol. The van der Waals surface area contributed by atoms with Gasteiger partial charge < -0.3 is 14.6 Å². The number of aryl methyl sites for hydroxylation is 2. The highest BCUT2D eigenvalue weighted by atomic mass is 19.1. The van der Waals surface area contributed by atoms with Crippen LogP contribution < -0.4 is 10.1 Å². The van der Waals surface area contributed by atoms with Crippen molar-refractivity contribution in [3.05, 3.63) is 35.9 Å². The molecule has 1 aliphatic rings. The fourth-order valence-corrected chi connectivity index (χ4v) is 3.38. The lowest BCUT2D eigenvalue weighted by atomic mass is 10.1. The number of aromatic nitrogens is 3. The summed E-state index contributed by atoms with van der Waals surface area (Å²) in [6, 6.07) is 3.09. The van der Waals surface area contributed by atoms with Crippen LogP contribution in [0.15, 0.2) is 24.5 Å². The predicted molar refractivity (Wildman–Crippen MR) is 96.8 cm³/mol. The molecule has 0 radical (unpaired) electrons. The Hall–Kier alpha value is -3.03. The largest absolute Gasteiger partial charge is 0.481 e. The van der Waals surface area contributed by atoms with Gasteiger partial charge in [-0.15, -0.1) is 0 Å². The summed E-state index contributed by atoms with van der Waals surface area (Å²) in [5.41, 5.74) is 2.95. The Labute approximate surface area is 154 Å². The standard InChI is InChI=1S/C19H18F2N4O2/c1-9-13-8-22-16(24-18(26)11-5-14(11)21)6-15(13)25(2)17(9)12-4-10(20)7-23-19(12)27-3/h4,6-8,11,14H,5H2,1-3H3,(H,22,24,26)/t11-,14+/m1/s1. The monoisotopic (exact) mass is 372 g/mol. The van der Waals surface area contributed by atoms with Gasteiger partial charge in [-0.25, -0.2) is 18.7 Å². The minimum atomic E-state index is -1.06. The number of hydrogen-bond donors (Lipinski definition) is 1. The number of methoxy groups -OCH3 is 1. The van der Waals surface area contributed by atoms with Crippen LogP contribution in [0.1, 0.15) is 12.0 Å².